The summed E-state index contributed by atoms with van der Waals surface area (Å²) >= 11 is 0. The molecule has 0 atom stereocenters. The van der Waals surface area contributed by atoms with Gasteiger partial charge in [-0.15, -0.1) is 0 Å². The molecule has 4 aromatic carbocycles. The van der Waals surface area contributed by atoms with E-state index in [0.717, 1.165) is 29.1 Å². The number of hydrogen-bond donors (Lipinski definition) is 0. The summed E-state index contributed by atoms with van der Waals surface area (Å²) in [6.45, 7) is 0. The van der Waals surface area contributed by atoms with Crippen molar-refractivity contribution in [1.82, 2.24) is 0 Å². The van der Waals surface area contributed by atoms with Crippen LogP contribution in [0.3, 0.4) is 0 Å². The minimum atomic E-state index is -0.352. The Bertz CT molecular complexity index is 1570. The molecule has 0 N–H and O–H groups in total. The maximum absolute atomic E-state index is 11.8. The van der Waals surface area contributed by atoms with Gasteiger partial charge < -0.3 is 9.47 Å². The highest BCUT2D eigenvalue weighted by atomic mass is 16.5. The van der Waals surface area contributed by atoms with E-state index in [2.05, 4.69) is 0 Å². The van der Waals surface area contributed by atoms with E-state index in [1.54, 1.807) is 48.5 Å². The van der Waals surface area contributed by atoms with Gasteiger partial charge >= 0.3 is 0 Å². The summed E-state index contributed by atoms with van der Waals surface area (Å²) in [5, 5.41) is 0. The van der Waals surface area contributed by atoms with Gasteiger partial charge in [0.1, 0.15) is 23.0 Å². The minimum Gasteiger partial charge on any atom is -0.457 e. The molecule has 2 heterocycles. The second kappa shape index (κ2) is 12.0. The lowest BCUT2D eigenvalue weighted by Gasteiger charge is -2.14. The molecule has 0 aliphatic carbocycles. The predicted octanol–water partition coefficient (Wildman–Crippen LogP) is 6.31. The smallest absolute Gasteiger partial charge is 0.258 e. The van der Waals surface area contributed by atoms with Crippen molar-refractivity contribution in [3.05, 3.63) is 132 Å². The molecule has 0 saturated heterocycles. The van der Waals surface area contributed by atoms with E-state index in [9.17, 15) is 19.2 Å². The first-order valence-electron chi connectivity index (χ1n) is 13.8. The molecule has 0 saturated carbocycles. The van der Waals surface area contributed by atoms with Gasteiger partial charge in [0.05, 0.1) is 11.4 Å². The number of rotatable bonds is 10. The SMILES string of the molecule is O=C1C=CC(=O)N1c1ccc(Oc2ccc(CCCc3ccc(Oc4ccc(N5C(=O)C=CC5=O)cc4)cc3)cc2)cc1. The molecule has 2 aliphatic rings. The van der Waals surface area contributed by atoms with Gasteiger partial charge in [0, 0.05) is 24.3 Å². The quantitative estimate of drug-likeness (QED) is 0.208. The third-order valence-corrected chi connectivity index (χ3v) is 7.06. The van der Waals surface area contributed by atoms with Gasteiger partial charge in [0.2, 0.25) is 0 Å². The Kier molecular flexibility index (Phi) is 7.65. The molecule has 6 rings (SSSR count). The first-order valence-corrected chi connectivity index (χ1v) is 13.8. The molecule has 0 radical (unpaired) electrons. The second-order valence-corrected chi connectivity index (χ2v) is 10.0. The number of benzene rings is 4. The number of amides is 4. The van der Waals surface area contributed by atoms with Crippen molar-refractivity contribution in [2.24, 2.45) is 0 Å². The number of nitrogens with zero attached hydrogens (tertiary/aromatic N) is 2. The van der Waals surface area contributed by atoms with Crippen LogP contribution in [-0.2, 0) is 32.0 Å². The summed E-state index contributed by atoms with van der Waals surface area (Å²) in [6, 6.07) is 29.6. The summed E-state index contributed by atoms with van der Waals surface area (Å²) < 4.78 is 11.8. The van der Waals surface area contributed by atoms with E-state index < -0.39 is 0 Å². The lowest BCUT2D eigenvalue weighted by Crippen LogP contribution is -2.29. The largest absolute Gasteiger partial charge is 0.457 e. The first-order chi connectivity index (χ1) is 20.9. The molecule has 2 aliphatic heterocycles. The summed E-state index contributed by atoms with van der Waals surface area (Å²) in [7, 11) is 0. The fraction of sp³-hybridized carbons (Fsp3) is 0.0857. The van der Waals surface area contributed by atoms with E-state index in [1.807, 2.05) is 48.5 Å². The molecule has 0 aromatic heterocycles. The van der Waals surface area contributed by atoms with Crippen LogP contribution in [0.25, 0.3) is 0 Å². The third-order valence-electron chi connectivity index (χ3n) is 7.06. The highest BCUT2D eigenvalue weighted by molar-refractivity contribution is 6.28. The van der Waals surface area contributed by atoms with E-state index in [4.69, 9.17) is 9.47 Å². The highest BCUT2D eigenvalue weighted by Gasteiger charge is 2.25. The van der Waals surface area contributed by atoms with Crippen LogP contribution in [0.15, 0.2) is 121 Å². The van der Waals surface area contributed by atoms with E-state index in [0.29, 0.717) is 34.4 Å². The molecule has 0 spiro atoms. The number of carbonyl (C=O) groups excluding carboxylic acids is 4. The van der Waals surface area contributed by atoms with Crippen molar-refractivity contribution in [3.8, 4) is 23.0 Å². The van der Waals surface area contributed by atoms with E-state index in [-0.39, 0.29) is 23.6 Å². The monoisotopic (exact) mass is 570 g/mol. The number of hydrogen-bond acceptors (Lipinski definition) is 6. The number of ether oxygens (including phenoxy) is 2. The lowest BCUT2D eigenvalue weighted by atomic mass is 10.0. The number of imide groups is 2. The van der Waals surface area contributed by atoms with Gasteiger partial charge in [0.25, 0.3) is 23.6 Å². The van der Waals surface area contributed by atoms with Gasteiger partial charge in [-0.2, -0.15) is 0 Å². The molecule has 8 nitrogen and oxygen atoms in total. The van der Waals surface area contributed by atoms with Gasteiger partial charge in [-0.1, -0.05) is 24.3 Å². The van der Waals surface area contributed by atoms with Gasteiger partial charge in [0.15, 0.2) is 0 Å². The Morgan fingerprint density at radius 1 is 0.395 bits per heavy atom. The highest BCUT2D eigenvalue weighted by Crippen LogP contribution is 2.28. The Balaban J connectivity index is 0.954. The molecule has 4 aromatic rings. The fourth-order valence-electron chi connectivity index (χ4n) is 4.85. The molecule has 43 heavy (non-hydrogen) atoms. The fourth-order valence-corrected chi connectivity index (χ4v) is 4.85. The Morgan fingerprint density at radius 2 is 0.674 bits per heavy atom. The minimum absolute atomic E-state index is 0.352. The molecule has 212 valence electrons. The number of carbonyl (C=O) groups is 4. The van der Waals surface area contributed by atoms with Crippen molar-refractivity contribution >= 4 is 35.0 Å². The van der Waals surface area contributed by atoms with Crippen LogP contribution in [0, 0.1) is 0 Å². The lowest BCUT2D eigenvalue weighted by molar-refractivity contribution is -0.121. The van der Waals surface area contributed by atoms with Crippen molar-refractivity contribution < 1.29 is 28.7 Å². The van der Waals surface area contributed by atoms with Crippen molar-refractivity contribution in [1.29, 1.82) is 0 Å². The summed E-state index contributed by atoms with van der Waals surface area (Å²) in [4.78, 5) is 49.6. The van der Waals surface area contributed by atoms with Crippen molar-refractivity contribution in [2.75, 3.05) is 9.80 Å². The Hall–Kier alpha value is -5.76. The average molecular weight is 571 g/mol. The first kappa shape index (κ1) is 27.4. The van der Waals surface area contributed by atoms with Crippen LogP contribution in [0.2, 0.25) is 0 Å². The molecule has 0 fully saturated rings. The van der Waals surface area contributed by atoms with Crippen LogP contribution < -0.4 is 19.3 Å². The zero-order valence-corrected chi connectivity index (χ0v) is 23.0. The second-order valence-electron chi connectivity index (χ2n) is 10.0. The van der Waals surface area contributed by atoms with Crippen LogP contribution in [-0.4, -0.2) is 23.6 Å². The summed E-state index contributed by atoms with van der Waals surface area (Å²) in [5.41, 5.74) is 3.42. The Labute approximate surface area is 248 Å². The molecular formula is C35H26N2O6. The molecule has 8 heteroatoms. The molecule has 4 amide bonds. The van der Waals surface area contributed by atoms with Gasteiger partial charge in [-0.05, 0) is 103 Å². The third kappa shape index (κ3) is 6.28. The summed E-state index contributed by atoms with van der Waals surface area (Å²) in [6.07, 6.45) is 7.85. The zero-order chi connectivity index (χ0) is 29.8. The van der Waals surface area contributed by atoms with Crippen LogP contribution in [0.5, 0.6) is 23.0 Å². The zero-order valence-electron chi connectivity index (χ0n) is 23.0. The topological polar surface area (TPSA) is 93.2 Å². The standard InChI is InChI=1S/C35H26N2O6/c38-32-20-21-33(39)36(32)26-8-16-30(17-9-26)42-28-12-4-24(5-13-28)2-1-3-25-6-14-29(15-7-25)43-31-18-10-27(11-19-31)37-34(40)22-23-35(37)41/h4-23H,1-3H2. The predicted molar refractivity (Wildman–Crippen MR) is 161 cm³/mol. The maximum atomic E-state index is 11.8. The van der Waals surface area contributed by atoms with Crippen LogP contribution in [0.1, 0.15) is 17.5 Å². The average Bonchev–Trinajstić information content (AvgIpc) is 3.54. The number of aryl methyl sites for hydroxylation is 2. The molecule has 0 bridgehead atoms. The van der Waals surface area contributed by atoms with Crippen molar-refractivity contribution in [3.63, 3.8) is 0 Å². The number of anilines is 2. The van der Waals surface area contributed by atoms with E-state index in [1.165, 1.54) is 35.4 Å². The summed E-state index contributed by atoms with van der Waals surface area (Å²) in [5.74, 6) is 1.22. The van der Waals surface area contributed by atoms with Gasteiger partial charge in [-0.3, -0.25) is 19.2 Å². The van der Waals surface area contributed by atoms with Crippen LogP contribution >= 0.6 is 0 Å². The van der Waals surface area contributed by atoms with Gasteiger partial charge in [-0.25, -0.2) is 9.80 Å². The normalized spacial score (nSPS) is 14.2. The molecule has 0 unspecified atom stereocenters. The Morgan fingerprint density at radius 3 is 0.977 bits per heavy atom. The van der Waals surface area contributed by atoms with E-state index >= 15 is 0 Å². The maximum Gasteiger partial charge on any atom is 0.258 e. The molecular weight excluding hydrogens is 544 g/mol. The van der Waals surface area contributed by atoms with Crippen LogP contribution in [0.4, 0.5) is 11.4 Å². The van der Waals surface area contributed by atoms with Crippen molar-refractivity contribution in [2.45, 2.75) is 19.3 Å².